The third-order valence-electron chi connectivity index (χ3n) is 4.39. The first-order chi connectivity index (χ1) is 11.7. The van der Waals surface area contributed by atoms with Crippen LogP contribution in [-0.4, -0.2) is 49.4 Å². The van der Waals surface area contributed by atoms with Crippen molar-refractivity contribution >= 4 is 11.8 Å². The molecular weight excluding hydrogens is 304 g/mol. The zero-order chi connectivity index (χ0) is 16.8. The maximum Gasteiger partial charge on any atom is 0.254 e. The molecule has 130 valence electrons. The molecule has 3 heterocycles. The number of anilines is 2. The lowest BCUT2D eigenvalue weighted by molar-refractivity contribution is 0.122. The van der Waals surface area contributed by atoms with Crippen LogP contribution in [0.1, 0.15) is 26.2 Å². The first-order valence-electron chi connectivity index (χ1n) is 8.75. The molecule has 0 atom stereocenters. The maximum atomic E-state index is 11.6. The number of aromatic amines is 1. The van der Waals surface area contributed by atoms with E-state index < -0.39 is 0 Å². The highest BCUT2D eigenvalue weighted by atomic mass is 16.5. The molecule has 24 heavy (non-hydrogen) atoms. The second-order valence-corrected chi connectivity index (χ2v) is 6.30. The molecule has 6 nitrogen and oxygen atoms in total. The molecular formula is C18H26N4O2. The highest BCUT2D eigenvalue weighted by Crippen LogP contribution is 2.18. The molecule has 1 aliphatic carbocycles. The van der Waals surface area contributed by atoms with Crippen molar-refractivity contribution < 1.29 is 4.74 Å². The van der Waals surface area contributed by atoms with Crippen molar-refractivity contribution in [2.75, 3.05) is 49.2 Å². The van der Waals surface area contributed by atoms with E-state index in [4.69, 9.17) is 4.74 Å². The largest absolute Gasteiger partial charge is 0.378 e. The topological polar surface area (TPSA) is 61.5 Å². The number of H-pyrrole nitrogens is 1. The first kappa shape index (κ1) is 16.8. The van der Waals surface area contributed by atoms with Gasteiger partial charge in [-0.05, 0) is 26.2 Å². The highest BCUT2D eigenvalue weighted by molar-refractivity contribution is 5.44. The van der Waals surface area contributed by atoms with E-state index in [9.17, 15) is 4.79 Å². The Bertz CT molecular complexity index is 655. The summed E-state index contributed by atoms with van der Waals surface area (Å²) in [5.74, 6) is 1.46. The molecule has 0 unspecified atom stereocenters. The first-order valence-corrected chi connectivity index (χ1v) is 8.75. The predicted molar refractivity (Wildman–Crippen MR) is 96.9 cm³/mol. The molecule has 0 radical (unpaired) electrons. The smallest absolute Gasteiger partial charge is 0.254 e. The van der Waals surface area contributed by atoms with Gasteiger partial charge in [-0.3, -0.25) is 9.78 Å². The lowest BCUT2D eigenvalue weighted by Crippen LogP contribution is -2.41. The van der Waals surface area contributed by atoms with Crippen LogP contribution in [0.4, 0.5) is 11.8 Å². The molecule has 1 aromatic heterocycles. The second kappa shape index (κ2) is 8.15. The van der Waals surface area contributed by atoms with Crippen LogP contribution in [0.3, 0.4) is 0 Å². The number of hydrogen-bond acceptors (Lipinski definition) is 5. The van der Waals surface area contributed by atoms with E-state index in [1.54, 1.807) is 6.07 Å². The molecule has 0 spiro atoms. The van der Waals surface area contributed by atoms with E-state index in [1.807, 2.05) is 0 Å². The Kier molecular flexibility index (Phi) is 5.69. The summed E-state index contributed by atoms with van der Waals surface area (Å²) in [7, 11) is 0. The minimum atomic E-state index is -0.0802. The molecule has 0 aromatic carbocycles. The van der Waals surface area contributed by atoms with Crippen LogP contribution in [0, 0.1) is 0 Å². The Morgan fingerprint density at radius 2 is 1.92 bits per heavy atom. The fourth-order valence-electron chi connectivity index (χ4n) is 2.81. The van der Waals surface area contributed by atoms with E-state index >= 15 is 0 Å². The predicted octanol–water partition coefficient (Wildman–Crippen LogP) is 2.10. The zero-order valence-corrected chi connectivity index (χ0v) is 14.3. The SMILES string of the molecule is CC1=CCCC=C1.O=c1cc(N2CCOCC2)nc(N2CCC2)[nH]1. The van der Waals surface area contributed by atoms with Gasteiger partial charge in [-0.15, -0.1) is 0 Å². The summed E-state index contributed by atoms with van der Waals surface area (Å²) < 4.78 is 5.30. The van der Waals surface area contributed by atoms with Gasteiger partial charge in [0.15, 0.2) is 0 Å². The number of rotatable bonds is 2. The third-order valence-corrected chi connectivity index (χ3v) is 4.39. The van der Waals surface area contributed by atoms with E-state index in [0.29, 0.717) is 19.2 Å². The van der Waals surface area contributed by atoms with Crippen molar-refractivity contribution in [2.24, 2.45) is 0 Å². The van der Waals surface area contributed by atoms with Crippen molar-refractivity contribution in [2.45, 2.75) is 26.2 Å². The summed E-state index contributed by atoms with van der Waals surface area (Å²) in [6, 6.07) is 1.56. The van der Waals surface area contributed by atoms with Crippen LogP contribution in [0.25, 0.3) is 0 Å². The molecule has 2 fully saturated rings. The summed E-state index contributed by atoms with van der Waals surface area (Å²) in [6.45, 7) is 7.10. The van der Waals surface area contributed by atoms with Gasteiger partial charge in [0.1, 0.15) is 5.82 Å². The van der Waals surface area contributed by atoms with Gasteiger partial charge in [0.2, 0.25) is 5.95 Å². The molecule has 2 saturated heterocycles. The monoisotopic (exact) mass is 330 g/mol. The van der Waals surface area contributed by atoms with Crippen molar-refractivity contribution in [1.29, 1.82) is 0 Å². The van der Waals surface area contributed by atoms with Gasteiger partial charge in [-0.2, -0.15) is 4.98 Å². The zero-order valence-electron chi connectivity index (χ0n) is 14.3. The summed E-state index contributed by atoms with van der Waals surface area (Å²) >= 11 is 0. The van der Waals surface area contributed by atoms with Crippen LogP contribution in [0.15, 0.2) is 34.7 Å². The van der Waals surface area contributed by atoms with Gasteiger partial charge in [0.05, 0.1) is 13.2 Å². The summed E-state index contributed by atoms with van der Waals surface area (Å²) in [4.78, 5) is 23.1. The lowest BCUT2D eigenvalue weighted by Gasteiger charge is -2.33. The number of morpholine rings is 1. The molecule has 2 aliphatic heterocycles. The van der Waals surface area contributed by atoms with E-state index in [0.717, 1.165) is 32.0 Å². The van der Waals surface area contributed by atoms with Crippen molar-refractivity contribution in [1.82, 2.24) is 9.97 Å². The molecule has 3 aliphatic rings. The van der Waals surface area contributed by atoms with Gasteiger partial charge in [0.25, 0.3) is 5.56 Å². The quantitative estimate of drug-likeness (QED) is 0.900. The summed E-state index contributed by atoms with van der Waals surface area (Å²) in [6.07, 6.45) is 10.3. The number of hydrogen-bond donors (Lipinski definition) is 1. The van der Waals surface area contributed by atoms with Crippen LogP contribution in [-0.2, 0) is 4.74 Å². The number of aromatic nitrogens is 2. The van der Waals surface area contributed by atoms with Crippen LogP contribution in [0.2, 0.25) is 0 Å². The van der Waals surface area contributed by atoms with Crippen LogP contribution >= 0.6 is 0 Å². The molecule has 4 rings (SSSR count). The average molecular weight is 330 g/mol. The average Bonchev–Trinajstić information content (AvgIpc) is 2.55. The number of allylic oxidation sites excluding steroid dienone is 4. The Morgan fingerprint density at radius 1 is 1.12 bits per heavy atom. The van der Waals surface area contributed by atoms with Gasteiger partial charge in [0, 0.05) is 32.2 Å². The van der Waals surface area contributed by atoms with Crippen molar-refractivity contribution in [3.05, 3.63) is 40.2 Å². The summed E-state index contributed by atoms with van der Waals surface area (Å²) in [5, 5.41) is 0. The standard InChI is InChI=1S/C11H16N4O2.C7H10/c16-10-8-9(14-4-6-17-7-5-14)12-11(13-10)15-2-1-3-15;1-7-5-3-2-4-6-7/h8H,1-7H2,(H,12,13,16);3,5-6H,2,4H2,1H3. The Labute approximate surface area is 142 Å². The molecule has 1 N–H and O–H groups in total. The highest BCUT2D eigenvalue weighted by Gasteiger charge is 2.19. The normalized spacial score (nSPS) is 20.0. The van der Waals surface area contributed by atoms with Gasteiger partial charge >= 0.3 is 0 Å². The Morgan fingerprint density at radius 3 is 2.46 bits per heavy atom. The number of ether oxygens (including phenoxy) is 1. The van der Waals surface area contributed by atoms with Crippen LogP contribution in [0.5, 0.6) is 0 Å². The molecule has 0 bridgehead atoms. The lowest BCUT2D eigenvalue weighted by atomic mass is 10.1. The molecule has 0 amide bonds. The summed E-state index contributed by atoms with van der Waals surface area (Å²) in [5.41, 5.74) is 1.33. The van der Waals surface area contributed by atoms with Gasteiger partial charge in [-0.1, -0.05) is 23.8 Å². The van der Waals surface area contributed by atoms with E-state index in [-0.39, 0.29) is 5.56 Å². The van der Waals surface area contributed by atoms with Gasteiger partial charge < -0.3 is 14.5 Å². The van der Waals surface area contributed by atoms with Crippen molar-refractivity contribution in [3.63, 3.8) is 0 Å². The minimum Gasteiger partial charge on any atom is -0.378 e. The van der Waals surface area contributed by atoms with Crippen LogP contribution < -0.4 is 15.4 Å². The van der Waals surface area contributed by atoms with E-state index in [2.05, 4.69) is 44.9 Å². The van der Waals surface area contributed by atoms with Gasteiger partial charge in [-0.25, -0.2) is 0 Å². The second-order valence-electron chi connectivity index (χ2n) is 6.30. The van der Waals surface area contributed by atoms with Crippen molar-refractivity contribution in [3.8, 4) is 0 Å². The Hall–Kier alpha value is -2.08. The molecule has 1 aromatic rings. The fourth-order valence-corrected chi connectivity index (χ4v) is 2.81. The third kappa shape index (κ3) is 4.47. The minimum absolute atomic E-state index is 0.0802. The number of nitrogens with zero attached hydrogens (tertiary/aromatic N) is 3. The molecule has 6 heteroatoms. The fraction of sp³-hybridized carbons (Fsp3) is 0.556. The molecule has 0 saturated carbocycles. The maximum absolute atomic E-state index is 11.6. The Balaban J connectivity index is 0.000000203. The van der Waals surface area contributed by atoms with E-state index in [1.165, 1.54) is 24.8 Å². The number of nitrogens with one attached hydrogen (secondary N) is 1.